The molecule has 1 atom stereocenters. The van der Waals surface area contributed by atoms with Gasteiger partial charge in [0.05, 0.1) is 0 Å². The number of rotatable bonds is 6. The van der Waals surface area contributed by atoms with Gasteiger partial charge in [-0.1, -0.05) is 20.3 Å². The van der Waals surface area contributed by atoms with Crippen molar-refractivity contribution >= 4 is 11.6 Å². The molecule has 2 N–H and O–H groups in total. The molecule has 1 unspecified atom stereocenters. The third-order valence-electron chi connectivity index (χ3n) is 2.84. The van der Waals surface area contributed by atoms with Crippen molar-refractivity contribution in [3.05, 3.63) is 29.8 Å². The molecule has 17 heavy (non-hydrogen) atoms. The molecule has 3 heteroatoms. The molecule has 0 radical (unpaired) electrons. The van der Waals surface area contributed by atoms with Crippen LogP contribution in [0.5, 0.6) is 0 Å². The van der Waals surface area contributed by atoms with Crippen LogP contribution in [0, 0.1) is 5.92 Å². The van der Waals surface area contributed by atoms with Gasteiger partial charge >= 0.3 is 0 Å². The molecule has 0 aliphatic carbocycles. The largest absolute Gasteiger partial charge is 0.385 e. The smallest absolute Gasteiger partial charge is 0.251 e. The molecular weight excluding hydrogens is 212 g/mol. The number of hydrogen-bond donors (Lipinski definition) is 2. The van der Waals surface area contributed by atoms with Crippen molar-refractivity contribution in [1.82, 2.24) is 5.32 Å². The van der Waals surface area contributed by atoms with Crippen molar-refractivity contribution in [2.45, 2.75) is 27.2 Å². The van der Waals surface area contributed by atoms with E-state index in [1.54, 1.807) is 0 Å². The highest BCUT2D eigenvalue weighted by Gasteiger charge is 2.06. The number of carbonyl (C=O) groups excluding carboxylic acids is 1. The van der Waals surface area contributed by atoms with Crippen LogP contribution in [0.2, 0.25) is 0 Å². The van der Waals surface area contributed by atoms with Crippen LogP contribution in [0.25, 0.3) is 0 Å². The highest BCUT2D eigenvalue weighted by atomic mass is 16.1. The molecule has 1 aromatic rings. The molecule has 94 valence electrons. The molecule has 1 amide bonds. The Labute approximate surface area is 104 Å². The second-order valence-corrected chi connectivity index (χ2v) is 4.33. The average Bonchev–Trinajstić information content (AvgIpc) is 2.36. The van der Waals surface area contributed by atoms with E-state index >= 15 is 0 Å². The molecule has 1 aromatic carbocycles. The molecule has 0 aromatic heterocycles. The van der Waals surface area contributed by atoms with Gasteiger partial charge in [-0.25, -0.2) is 0 Å². The van der Waals surface area contributed by atoms with Crippen molar-refractivity contribution in [2.24, 2.45) is 5.92 Å². The zero-order valence-electron chi connectivity index (χ0n) is 10.9. The lowest BCUT2D eigenvalue weighted by molar-refractivity contribution is 0.0948. The number of nitrogens with one attached hydrogen (secondary N) is 2. The summed E-state index contributed by atoms with van der Waals surface area (Å²) in [5, 5.41) is 6.14. The summed E-state index contributed by atoms with van der Waals surface area (Å²) >= 11 is 0. The predicted octanol–water partition coefficient (Wildman–Crippen LogP) is 2.89. The van der Waals surface area contributed by atoms with E-state index in [2.05, 4.69) is 24.5 Å². The Kier molecular flexibility index (Phi) is 5.53. The fourth-order valence-corrected chi connectivity index (χ4v) is 1.46. The lowest BCUT2D eigenvalue weighted by atomic mass is 10.1. The van der Waals surface area contributed by atoms with E-state index in [4.69, 9.17) is 0 Å². The summed E-state index contributed by atoms with van der Waals surface area (Å²) in [6, 6.07) is 7.57. The van der Waals surface area contributed by atoms with Gasteiger partial charge in [0.2, 0.25) is 0 Å². The number of carbonyl (C=O) groups is 1. The van der Waals surface area contributed by atoms with Gasteiger partial charge in [-0.05, 0) is 37.1 Å². The van der Waals surface area contributed by atoms with E-state index in [1.165, 1.54) is 0 Å². The predicted molar refractivity (Wildman–Crippen MR) is 72.4 cm³/mol. The zero-order chi connectivity index (χ0) is 12.7. The van der Waals surface area contributed by atoms with Crippen LogP contribution in [0.15, 0.2) is 24.3 Å². The number of benzene rings is 1. The van der Waals surface area contributed by atoms with E-state index in [9.17, 15) is 4.79 Å². The van der Waals surface area contributed by atoms with E-state index in [1.807, 2.05) is 31.2 Å². The van der Waals surface area contributed by atoms with Gasteiger partial charge in [0, 0.05) is 24.3 Å². The fourth-order valence-electron chi connectivity index (χ4n) is 1.46. The molecule has 0 bridgehead atoms. The van der Waals surface area contributed by atoms with Crippen molar-refractivity contribution in [3.8, 4) is 0 Å². The first kappa shape index (κ1) is 13.6. The third kappa shape index (κ3) is 4.47. The maximum atomic E-state index is 11.8. The highest BCUT2D eigenvalue weighted by Crippen LogP contribution is 2.09. The third-order valence-corrected chi connectivity index (χ3v) is 2.84. The van der Waals surface area contributed by atoms with E-state index in [0.29, 0.717) is 5.92 Å². The summed E-state index contributed by atoms with van der Waals surface area (Å²) in [7, 11) is 0. The Balaban J connectivity index is 2.51. The minimum atomic E-state index is 0.00773. The van der Waals surface area contributed by atoms with Gasteiger partial charge in [0.1, 0.15) is 0 Å². The van der Waals surface area contributed by atoms with Crippen LogP contribution < -0.4 is 10.6 Å². The van der Waals surface area contributed by atoms with Crippen LogP contribution in [0.1, 0.15) is 37.6 Å². The van der Waals surface area contributed by atoms with Crippen LogP contribution in [-0.4, -0.2) is 19.0 Å². The topological polar surface area (TPSA) is 41.1 Å². The van der Waals surface area contributed by atoms with Crippen LogP contribution in [-0.2, 0) is 0 Å². The van der Waals surface area contributed by atoms with Gasteiger partial charge in [0.15, 0.2) is 0 Å². The summed E-state index contributed by atoms with van der Waals surface area (Å²) in [4.78, 5) is 11.8. The van der Waals surface area contributed by atoms with E-state index < -0.39 is 0 Å². The number of hydrogen-bond acceptors (Lipinski definition) is 2. The van der Waals surface area contributed by atoms with Crippen LogP contribution in [0.4, 0.5) is 5.69 Å². The molecule has 0 aliphatic heterocycles. The first-order chi connectivity index (χ1) is 8.17. The number of anilines is 1. The van der Waals surface area contributed by atoms with Gasteiger partial charge in [-0.3, -0.25) is 4.79 Å². The van der Waals surface area contributed by atoms with Crippen molar-refractivity contribution in [2.75, 3.05) is 18.4 Å². The lowest BCUT2D eigenvalue weighted by Crippen LogP contribution is -2.27. The maximum absolute atomic E-state index is 11.8. The maximum Gasteiger partial charge on any atom is 0.251 e. The summed E-state index contributed by atoms with van der Waals surface area (Å²) in [6.07, 6.45) is 1.08. The standard InChI is InChI=1S/C14H22N2O/c1-4-11(3)10-16-14(17)12-6-8-13(9-7-12)15-5-2/h6-9,11,15H,4-5,10H2,1-3H3,(H,16,17). The van der Waals surface area contributed by atoms with E-state index in [0.717, 1.165) is 30.8 Å². The first-order valence-electron chi connectivity index (χ1n) is 6.29. The average molecular weight is 234 g/mol. The fraction of sp³-hybridized carbons (Fsp3) is 0.500. The second-order valence-electron chi connectivity index (χ2n) is 4.33. The molecule has 0 aliphatic rings. The normalized spacial score (nSPS) is 11.9. The molecule has 1 rings (SSSR count). The Morgan fingerprint density at radius 2 is 1.88 bits per heavy atom. The van der Waals surface area contributed by atoms with Gasteiger partial charge in [-0.2, -0.15) is 0 Å². The minimum Gasteiger partial charge on any atom is -0.385 e. The molecule has 0 spiro atoms. The Bertz CT molecular complexity index is 346. The summed E-state index contributed by atoms with van der Waals surface area (Å²) in [5.74, 6) is 0.535. The zero-order valence-corrected chi connectivity index (χ0v) is 10.9. The van der Waals surface area contributed by atoms with E-state index in [-0.39, 0.29) is 5.91 Å². The van der Waals surface area contributed by atoms with Crippen LogP contribution >= 0.6 is 0 Å². The number of amides is 1. The molecule has 0 heterocycles. The molecule has 0 saturated heterocycles. The van der Waals surface area contributed by atoms with Crippen LogP contribution in [0.3, 0.4) is 0 Å². The SMILES string of the molecule is CCNc1ccc(C(=O)NCC(C)CC)cc1. The molecule has 0 saturated carbocycles. The molecular formula is C14H22N2O. The van der Waals surface area contributed by atoms with Crippen molar-refractivity contribution < 1.29 is 4.79 Å². The summed E-state index contributed by atoms with van der Waals surface area (Å²) in [5.41, 5.74) is 1.76. The monoisotopic (exact) mass is 234 g/mol. The molecule has 3 nitrogen and oxygen atoms in total. The highest BCUT2D eigenvalue weighted by molar-refractivity contribution is 5.94. The summed E-state index contributed by atoms with van der Waals surface area (Å²) < 4.78 is 0. The van der Waals surface area contributed by atoms with Gasteiger partial charge in [-0.15, -0.1) is 0 Å². The summed E-state index contributed by atoms with van der Waals surface area (Å²) in [6.45, 7) is 7.94. The minimum absolute atomic E-state index is 0.00773. The van der Waals surface area contributed by atoms with Crippen molar-refractivity contribution in [3.63, 3.8) is 0 Å². The van der Waals surface area contributed by atoms with Crippen molar-refractivity contribution in [1.29, 1.82) is 0 Å². The van der Waals surface area contributed by atoms with Gasteiger partial charge < -0.3 is 10.6 Å². The lowest BCUT2D eigenvalue weighted by Gasteiger charge is -2.10. The Hall–Kier alpha value is -1.51. The second kappa shape index (κ2) is 6.94. The quantitative estimate of drug-likeness (QED) is 0.794. The molecule has 0 fully saturated rings. The Morgan fingerprint density at radius 3 is 2.41 bits per heavy atom. The Morgan fingerprint density at radius 1 is 1.24 bits per heavy atom. The van der Waals surface area contributed by atoms with Gasteiger partial charge in [0.25, 0.3) is 5.91 Å². The first-order valence-corrected chi connectivity index (χ1v) is 6.29.